The van der Waals surface area contributed by atoms with Crippen LogP contribution in [0.2, 0.25) is 0 Å². The van der Waals surface area contributed by atoms with Crippen LogP contribution in [0.1, 0.15) is 11.4 Å². The van der Waals surface area contributed by atoms with Gasteiger partial charge in [0.1, 0.15) is 0 Å². The third-order valence-electron chi connectivity index (χ3n) is 1.73. The van der Waals surface area contributed by atoms with Gasteiger partial charge in [0.15, 0.2) is 0 Å². The summed E-state index contributed by atoms with van der Waals surface area (Å²) in [5, 5.41) is 8.61. The summed E-state index contributed by atoms with van der Waals surface area (Å²) >= 11 is 0.527. The summed E-state index contributed by atoms with van der Waals surface area (Å²) in [7, 11) is 3.87. The van der Waals surface area contributed by atoms with Crippen molar-refractivity contribution in [3.8, 4) is 0 Å². The van der Waals surface area contributed by atoms with E-state index in [-0.39, 0.29) is 5.13 Å². The van der Waals surface area contributed by atoms with Crippen molar-refractivity contribution in [2.45, 2.75) is 12.6 Å². The molecule has 1 aromatic rings. The lowest BCUT2D eigenvalue weighted by Crippen LogP contribution is -2.16. The van der Waals surface area contributed by atoms with Crippen LogP contribution in [0.15, 0.2) is 0 Å². The molecule has 0 saturated carbocycles. The van der Waals surface area contributed by atoms with Crippen molar-refractivity contribution in [2.75, 3.05) is 32.5 Å². The number of anilines is 1. The summed E-state index contributed by atoms with van der Waals surface area (Å²) in [6.45, 7) is 1.46. The number of rotatable bonds is 5. The van der Waals surface area contributed by atoms with E-state index in [0.717, 1.165) is 13.0 Å². The zero-order chi connectivity index (χ0) is 12.2. The van der Waals surface area contributed by atoms with E-state index in [1.165, 1.54) is 0 Å². The molecule has 0 unspecified atom stereocenters. The molecule has 0 spiro atoms. The lowest BCUT2D eigenvalue weighted by molar-refractivity contribution is -0.138. The van der Waals surface area contributed by atoms with Crippen molar-refractivity contribution in [3.63, 3.8) is 0 Å². The number of alkyl halides is 3. The quantitative estimate of drug-likeness (QED) is 0.815. The molecule has 1 heterocycles. The van der Waals surface area contributed by atoms with Crippen LogP contribution in [0.4, 0.5) is 18.3 Å². The number of aromatic nitrogens is 2. The molecule has 0 aromatic carbocycles. The maximum Gasteiger partial charge on any atom is 0.445 e. The average molecular weight is 254 g/mol. The fraction of sp³-hybridized carbons (Fsp3) is 0.750. The molecule has 0 aliphatic heterocycles. The predicted molar refractivity (Wildman–Crippen MR) is 56.6 cm³/mol. The van der Waals surface area contributed by atoms with Crippen LogP contribution in [0, 0.1) is 0 Å². The lowest BCUT2D eigenvalue weighted by atomic mass is 10.4. The minimum absolute atomic E-state index is 0.214. The van der Waals surface area contributed by atoms with Gasteiger partial charge >= 0.3 is 6.18 Å². The monoisotopic (exact) mass is 254 g/mol. The van der Waals surface area contributed by atoms with Gasteiger partial charge < -0.3 is 10.2 Å². The van der Waals surface area contributed by atoms with Gasteiger partial charge in [0.05, 0.1) is 0 Å². The Morgan fingerprint density at radius 3 is 2.50 bits per heavy atom. The highest BCUT2D eigenvalue weighted by atomic mass is 32.1. The Hall–Kier alpha value is -0.890. The van der Waals surface area contributed by atoms with Crippen LogP contribution in [0.25, 0.3) is 0 Å². The van der Waals surface area contributed by atoms with Gasteiger partial charge in [-0.05, 0) is 27.1 Å². The Kier molecular flexibility index (Phi) is 4.48. The normalized spacial score (nSPS) is 12.1. The summed E-state index contributed by atoms with van der Waals surface area (Å²) in [5.41, 5.74) is 0. The number of hydrogen-bond donors (Lipinski definition) is 1. The number of hydrogen-bond acceptors (Lipinski definition) is 5. The third kappa shape index (κ3) is 4.31. The Morgan fingerprint density at radius 1 is 1.31 bits per heavy atom. The number of halogens is 3. The van der Waals surface area contributed by atoms with E-state index in [4.69, 9.17) is 0 Å². The molecule has 0 atom stereocenters. The first-order valence-electron chi connectivity index (χ1n) is 4.69. The molecule has 0 fully saturated rings. The third-order valence-corrected chi connectivity index (χ3v) is 2.65. The zero-order valence-electron chi connectivity index (χ0n) is 9.01. The molecule has 4 nitrogen and oxygen atoms in total. The van der Waals surface area contributed by atoms with E-state index in [0.29, 0.717) is 17.9 Å². The van der Waals surface area contributed by atoms with Crippen molar-refractivity contribution < 1.29 is 13.2 Å². The molecule has 1 rings (SSSR count). The van der Waals surface area contributed by atoms with Crippen LogP contribution in [0.5, 0.6) is 0 Å². The second-order valence-electron chi connectivity index (χ2n) is 3.49. The first-order valence-corrected chi connectivity index (χ1v) is 5.50. The molecular weight excluding hydrogens is 241 g/mol. The van der Waals surface area contributed by atoms with Crippen molar-refractivity contribution in [1.29, 1.82) is 0 Å². The smallest absolute Gasteiger partial charge is 0.360 e. The lowest BCUT2D eigenvalue weighted by Gasteiger charge is -2.08. The molecule has 0 radical (unpaired) electrons. The van der Waals surface area contributed by atoms with Gasteiger partial charge in [-0.2, -0.15) is 13.2 Å². The van der Waals surface area contributed by atoms with Crippen molar-refractivity contribution >= 4 is 16.5 Å². The standard InChI is InChI=1S/C8H13F3N4S/c1-15(2)5-3-4-12-7-14-13-6(16-7)8(9,10)11/h3-5H2,1-2H3,(H,12,14). The van der Waals surface area contributed by atoms with E-state index < -0.39 is 11.2 Å². The molecule has 0 aliphatic rings. The first kappa shape index (κ1) is 13.2. The summed E-state index contributed by atoms with van der Waals surface area (Å²) < 4.78 is 36.5. The van der Waals surface area contributed by atoms with Gasteiger partial charge in [-0.15, -0.1) is 10.2 Å². The topological polar surface area (TPSA) is 41.0 Å². The van der Waals surface area contributed by atoms with Crippen LogP contribution >= 0.6 is 11.3 Å². The van der Waals surface area contributed by atoms with Crippen LogP contribution in [-0.4, -0.2) is 42.3 Å². The van der Waals surface area contributed by atoms with Crippen LogP contribution in [-0.2, 0) is 6.18 Å². The maximum absolute atomic E-state index is 12.2. The Balaban J connectivity index is 2.36. The molecule has 0 amide bonds. The number of nitrogens with zero attached hydrogens (tertiary/aromatic N) is 3. The minimum Gasteiger partial charge on any atom is -0.360 e. The molecule has 0 bridgehead atoms. The van der Waals surface area contributed by atoms with E-state index in [2.05, 4.69) is 15.5 Å². The van der Waals surface area contributed by atoms with Gasteiger partial charge in [-0.1, -0.05) is 11.3 Å². The molecule has 8 heteroatoms. The largest absolute Gasteiger partial charge is 0.445 e. The van der Waals surface area contributed by atoms with Gasteiger partial charge in [0.2, 0.25) is 10.1 Å². The van der Waals surface area contributed by atoms with Crippen molar-refractivity contribution in [2.24, 2.45) is 0 Å². The molecule has 16 heavy (non-hydrogen) atoms. The molecule has 1 aromatic heterocycles. The highest BCUT2D eigenvalue weighted by Crippen LogP contribution is 2.32. The Bertz CT molecular complexity index is 323. The predicted octanol–water partition coefficient (Wildman–Crippen LogP) is 1.92. The summed E-state index contributed by atoms with van der Waals surface area (Å²) in [4.78, 5) is 2.00. The molecule has 0 aliphatic carbocycles. The fourth-order valence-electron chi connectivity index (χ4n) is 1.000. The van der Waals surface area contributed by atoms with Crippen molar-refractivity contribution in [3.05, 3.63) is 5.01 Å². The van der Waals surface area contributed by atoms with Gasteiger partial charge in [-0.3, -0.25) is 0 Å². The van der Waals surface area contributed by atoms with Gasteiger partial charge in [-0.25, -0.2) is 0 Å². The summed E-state index contributed by atoms with van der Waals surface area (Å²) in [5.74, 6) is 0. The Labute approximate surface area is 95.5 Å². The molecule has 92 valence electrons. The first-order chi connectivity index (χ1) is 7.39. The van der Waals surface area contributed by atoms with E-state index in [1.54, 1.807) is 0 Å². The Morgan fingerprint density at radius 2 is 2.00 bits per heavy atom. The SMILES string of the molecule is CN(C)CCCNc1nnc(C(F)(F)F)s1. The van der Waals surface area contributed by atoms with Crippen LogP contribution in [0.3, 0.4) is 0 Å². The second kappa shape index (κ2) is 5.44. The number of nitrogens with one attached hydrogen (secondary N) is 1. The molecule has 0 saturated heterocycles. The molecular formula is C8H13F3N4S. The van der Waals surface area contributed by atoms with Gasteiger partial charge in [0, 0.05) is 6.54 Å². The van der Waals surface area contributed by atoms with E-state index in [9.17, 15) is 13.2 Å². The highest BCUT2D eigenvalue weighted by Gasteiger charge is 2.35. The van der Waals surface area contributed by atoms with Crippen LogP contribution < -0.4 is 5.32 Å². The summed E-state index contributed by atoms with van der Waals surface area (Å²) in [6.07, 6.45) is -3.56. The zero-order valence-corrected chi connectivity index (χ0v) is 9.82. The van der Waals surface area contributed by atoms with Gasteiger partial charge in [0.25, 0.3) is 0 Å². The van der Waals surface area contributed by atoms with Crippen molar-refractivity contribution in [1.82, 2.24) is 15.1 Å². The fourth-order valence-corrected chi connectivity index (χ4v) is 1.64. The maximum atomic E-state index is 12.2. The second-order valence-corrected chi connectivity index (χ2v) is 4.47. The highest BCUT2D eigenvalue weighted by molar-refractivity contribution is 7.15. The van der Waals surface area contributed by atoms with E-state index >= 15 is 0 Å². The van der Waals surface area contributed by atoms with E-state index in [1.807, 2.05) is 19.0 Å². The minimum atomic E-state index is -4.40. The molecule has 1 N–H and O–H groups in total. The average Bonchev–Trinajstić information content (AvgIpc) is 2.59. The summed E-state index contributed by atoms with van der Waals surface area (Å²) in [6, 6.07) is 0.